The predicted octanol–water partition coefficient (Wildman–Crippen LogP) is 3.49. The van der Waals surface area contributed by atoms with Crippen LogP contribution in [0.15, 0.2) is 54.7 Å². The molecule has 3 aromatic rings. The molecule has 0 atom stereocenters. The molecule has 0 fully saturated rings. The number of hydrogen-bond acceptors (Lipinski definition) is 2. The standard InChI is InChI=1S/C21H22N2O2/c1-25-13-12-22-14-18-10-11-23(21(24)16-6-3-2-4-7-16)15-17-8-5-9-19(22)20(17)18/h2-9,14H,10-13,15H2,1H3. The minimum atomic E-state index is 0.106. The van der Waals surface area contributed by atoms with Gasteiger partial charge in [-0.2, -0.15) is 0 Å². The molecule has 0 N–H and O–H groups in total. The highest BCUT2D eigenvalue weighted by Crippen LogP contribution is 2.30. The van der Waals surface area contributed by atoms with Gasteiger partial charge in [-0.25, -0.2) is 0 Å². The van der Waals surface area contributed by atoms with E-state index in [4.69, 9.17) is 4.74 Å². The van der Waals surface area contributed by atoms with Crippen LogP contribution in [0, 0.1) is 0 Å². The monoisotopic (exact) mass is 334 g/mol. The van der Waals surface area contributed by atoms with Crippen molar-refractivity contribution >= 4 is 16.8 Å². The molecule has 1 aromatic heterocycles. The van der Waals surface area contributed by atoms with Crippen molar-refractivity contribution in [3.05, 3.63) is 71.4 Å². The summed E-state index contributed by atoms with van der Waals surface area (Å²) in [7, 11) is 1.73. The molecule has 2 heterocycles. The lowest BCUT2D eigenvalue weighted by molar-refractivity contribution is 0.0748. The third-order valence-electron chi connectivity index (χ3n) is 4.93. The number of hydrogen-bond donors (Lipinski definition) is 0. The van der Waals surface area contributed by atoms with Crippen LogP contribution >= 0.6 is 0 Å². The van der Waals surface area contributed by atoms with Gasteiger partial charge in [0.2, 0.25) is 0 Å². The van der Waals surface area contributed by atoms with Crippen molar-refractivity contribution in [2.45, 2.75) is 19.5 Å². The maximum absolute atomic E-state index is 12.9. The summed E-state index contributed by atoms with van der Waals surface area (Å²) in [6.07, 6.45) is 3.11. The van der Waals surface area contributed by atoms with Gasteiger partial charge in [0, 0.05) is 49.4 Å². The van der Waals surface area contributed by atoms with Crippen molar-refractivity contribution in [3.63, 3.8) is 0 Å². The highest BCUT2D eigenvalue weighted by molar-refractivity contribution is 5.95. The van der Waals surface area contributed by atoms with Crippen LogP contribution in [0.4, 0.5) is 0 Å². The van der Waals surface area contributed by atoms with E-state index >= 15 is 0 Å². The summed E-state index contributed by atoms with van der Waals surface area (Å²) < 4.78 is 7.50. The molecule has 0 saturated heterocycles. The number of ether oxygens (including phenoxy) is 1. The largest absolute Gasteiger partial charge is 0.383 e. The third-order valence-corrected chi connectivity index (χ3v) is 4.93. The maximum Gasteiger partial charge on any atom is 0.254 e. The molecular weight excluding hydrogens is 312 g/mol. The van der Waals surface area contributed by atoms with E-state index in [-0.39, 0.29) is 5.91 Å². The first-order valence-electron chi connectivity index (χ1n) is 8.71. The Morgan fingerprint density at radius 2 is 1.92 bits per heavy atom. The van der Waals surface area contributed by atoms with Crippen LogP contribution in [0.2, 0.25) is 0 Å². The quantitative estimate of drug-likeness (QED) is 0.732. The zero-order valence-corrected chi connectivity index (χ0v) is 14.4. The number of benzene rings is 2. The van der Waals surface area contributed by atoms with Crippen LogP contribution in [0.25, 0.3) is 10.9 Å². The van der Waals surface area contributed by atoms with Gasteiger partial charge >= 0.3 is 0 Å². The van der Waals surface area contributed by atoms with Crippen LogP contribution in [0.1, 0.15) is 21.5 Å². The summed E-state index contributed by atoms with van der Waals surface area (Å²) in [4.78, 5) is 14.8. The molecule has 1 aliphatic heterocycles. The van der Waals surface area contributed by atoms with Gasteiger partial charge in [-0.05, 0) is 35.7 Å². The van der Waals surface area contributed by atoms with Crippen molar-refractivity contribution in [2.75, 3.05) is 20.3 Å². The van der Waals surface area contributed by atoms with Gasteiger partial charge in [0.1, 0.15) is 0 Å². The van der Waals surface area contributed by atoms with Crippen LogP contribution in [-0.4, -0.2) is 35.6 Å². The Kier molecular flexibility index (Phi) is 4.28. The highest BCUT2D eigenvalue weighted by Gasteiger charge is 2.22. The second-order valence-electron chi connectivity index (χ2n) is 6.49. The fraction of sp³-hybridized carbons (Fsp3) is 0.286. The normalized spacial score (nSPS) is 13.9. The first kappa shape index (κ1) is 15.9. The molecule has 0 bridgehead atoms. The van der Waals surface area contributed by atoms with Gasteiger partial charge < -0.3 is 14.2 Å². The molecule has 0 saturated carbocycles. The van der Waals surface area contributed by atoms with E-state index in [1.807, 2.05) is 35.2 Å². The number of amides is 1. The average Bonchev–Trinajstić information content (AvgIpc) is 2.90. The van der Waals surface area contributed by atoms with Gasteiger partial charge in [0.15, 0.2) is 0 Å². The number of carbonyl (C=O) groups excluding carboxylic acids is 1. The second-order valence-corrected chi connectivity index (χ2v) is 6.49. The molecule has 4 heteroatoms. The van der Waals surface area contributed by atoms with E-state index in [1.54, 1.807) is 7.11 Å². The summed E-state index contributed by atoms with van der Waals surface area (Å²) in [5.74, 6) is 0.106. The average molecular weight is 334 g/mol. The van der Waals surface area contributed by atoms with Crippen molar-refractivity contribution in [1.82, 2.24) is 9.47 Å². The Labute approximate surface area is 147 Å². The number of nitrogens with zero attached hydrogens (tertiary/aromatic N) is 2. The predicted molar refractivity (Wildman–Crippen MR) is 98.7 cm³/mol. The molecule has 1 aliphatic rings. The highest BCUT2D eigenvalue weighted by atomic mass is 16.5. The Hall–Kier alpha value is -2.59. The molecular formula is C21H22N2O2. The minimum Gasteiger partial charge on any atom is -0.383 e. The molecule has 1 amide bonds. The van der Waals surface area contributed by atoms with Crippen LogP contribution in [-0.2, 0) is 24.2 Å². The topological polar surface area (TPSA) is 34.5 Å². The third kappa shape index (κ3) is 2.94. The van der Waals surface area contributed by atoms with Gasteiger partial charge in [-0.3, -0.25) is 4.79 Å². The lowest BCUT2D eigenvalue weighted by atomic mass is 10.1. The molecule has 4 rings (SSSR count). The summed E-state index contributed by atoms with van der Waals surface area (Å²) in [6, 6.07) is 15.9. The summed E-state index contributed by atoms with van der Waals surface area (Å²) in [6.45, 7) is 2.95. The van der Waals surface area contributed by atoms with E-state index in [1.165, 1.54) is 22.0 Å². The van der Waals surface area contributed by atoms with Crippen molar-refractivity contribution in [3.8, 4) is 0 Å². The zero-order valence-electron chi connectivity index (χ0n) is 14.4. The van der Waals surface area contributed by atoms with Gasteiger partial charge in [-0.1, -0.05) is 30.3 Å². The first-order chi connectivity index (χ1) is 12.3. The summed E-state index contributed by atoms with van der Waals surface area (Å²) in [5, 5.41) is 1.31. The molecule has 0 aliphatic carbocycles. The van der Waals surface area contributed by atoms with Gasteiger partial charge in [0.25, 0.3) is 5.91 Å². The van der Waals surface area contributed by atoms with E-state index in [2.05, 4.69) is 29.0 Å². The van der Waals surface area contributed by atoms with E-state index in [0.717, 1.165) is 25.1 Å². The number of aromatic nitrogens is 1. The van der Waals surface area contributed by atoms with Gasteiger partial charge in [0.05, 0.1) is 6.61 Å². The van der Waals surface area contributed by atoms with E-state index in [0.29, 0.717) is 13.2 Å². The van der Waals surface area contributed by atoms with Crippen LogP contribution in [0.3, 0.4) is 0 Å². The minimum absolute atomic E-state index is 0.106. The molecule has 4 nitrogen and oxygen atoms in total. The molecule has 0 spiro atoms. The Balaban J connectivity index is 1.68. The van der Waals surface area contributed by atoms with Crippen LogP contribution in [0.5, 0.6) is 0 Å². The number of carbonyl (C=O) groups is 1. The molecule has 0 radical (unpaired) electrons. The van der Waals surface area contributed by atoms with Crippen molar-refractivity contribution in [1.29, 1.82) is 0 Å². The fourth-order valence-corrected chi connectivity index (χ4v) is 3.69. The van der Waals surface area contributed by atoms with Gasteiger partial charge in [-0.15, -0.1) is 0 Å². The second kappa shape index (κ2) is 6.73. The summed E-state index contributed by atoms with van der Waals surface area (Å²) in [5.41, 5.74) is 4.54. The molecule has 128 valence electrons. The van der Waals surface area contributed by atoms with Crippen LogP contribution < -0.4 is 0 Å². The van der Waals surface area contributed by atoms with E-state index < -0.39 is 0 Å². The zero-order chi connectivity index (χ0) is 17.2. The lowest BCUT2D eigenvalue weighted by Gasteiger charge is -2.21. The smallest absolute Gasteiger partial charge is 0.254 e. The molecule has 2 aromatic carbocycles. The summed E-state index contributed by atoms with van der Waals surface area (Å²) >= 11 is 0. The first-order valence-corrected chi connectivity index (χ1v) is 8.71. The number of rotatable bonds is 4. The Morgan fingerprint density at radius 3 is 2.72 bits per heavy atom. The number of methoxy groups -OCH3 is 1. The van der Waals surface area contributed by atoms with Crippen molar-refractivity contribution in [2.24, 2.45) is 0 Å². The Morgan fingerprint density at radius 1 is 1.08 bits per heavy atom. The maximum atomic E-state index is 12.9. The Bertz CT molecular complexity index is 899. The van der Waals surface area contributed by atoms with Crippen molar-refractivity contribution < 1.29 is 9.53 Å². The lowest BCUT2D eigenvalue weighted by Crippen LogP contribution is -2.31. The molecule has 25 heavy (non-hydrogen) atoms. The van der Waals surface area contributed by atoms with E-state index in [9.17, 15) is 4.79 Å². The fourth-order valence-electron chi connectivity index (χ4n) is 3.69. The SMILES string of the molecule is COCCn1cc2c3c(cccc31)CN(C(=O)c1ccccc1)CC2. The molecule has 0 unspecified atom stereocenters.